The van der Waals surface area contributed by atoms with Crippen molar-refractivity contribution in [3.63, 3.8) is 0 Å². The molecule has 0 aliphatic heterocycles. The van der Waals surface area contributed by atoms with E-state index < -0.39 is 0 Å². The molecular formula is C39H53N5O2. The summed E-state index contributed by atoms with van der Waals surface area (Å²) in [5, 5.41) is 29.2. The first-order valence-electron chi connectivity index (χ1n) is 16.2. The minimum absolute atomic E-state index is 0.223. The van der Waals surface area contributed by atoms with Gasteiger partial charge >= 0.3 is 0 Å². The number of aromatic nitrogens is 3. The summed E-state index contributed by atoms with van der Waals surface area (Å²) in [4.78, 5) is 14.3. The zero-order valence-corrected chi connectivity index (χ0v) is 29.8. The number of rotatable bonds is 7. The van der Waals surface area contributed by atoms with E-state index in [1.165, 1.54) is 0 Å². The van der Waals surface area contributed by atoms with Crippen molar-refractivity contribution in [2.75, 3.05) is 10.6 Å². The fourth-order valence-corrected chi connectivity index (χ4v) is 5.49. The van der Waals surface area contributed by atoms with Crippen molar-refractivity contribution in [2.24, 2.45) is 0 Å². The van der Waals surface area contributed by atoms with Crippen LogP contribution in [0.5, 0.6) is 11.5 Å². The van der Waals surface area contributed by atoms with Crippen LogP contribution in [0.3, 0.4) is 0 Å². The lowest BCUT2D eigenvalue weighted by Crippen LogP contribution is -2.19. The van der Waals surface area contributed by atoms with Gasteiger partial charge in [0.25, 0.3) is 0 Å². The summed E-state index contributed by atoms with van der Waals surface area (Å²) >= 11 is 0. The van der Waals surface area contributed by atoms with Gasteiger partial charge in [-0.25, -0.2) is 0 Å². The number of hydrogen-bond acceptors (Lipinski definition) is 7. The van der Waals surface area contributed by atoms with Crippen LogP contribution in [-0.4, -0.2) is 25.2 Å². The van der Waals surface area contributed by atoms with Crippen LogP contribution in [0.25, 0.3) is 11.4 Å². The topological polar surface area (TPSA) is 103 Å². The lowest BCUT2D eigenvalue weighted by Gasteiger charge is -2.28. The second-order valence-corrected chi connectivity index (χ2v) is 16.5. The molecule has 0 radical (unpaired) electrons. The molecule has 0 spiro atoms. The van der Waals surface area contributed by atoms with E-state index >= 15 is 0 Å². The first-order chi connectivity index (χ1) is 21.1. The Balaban J connectivity index is 1.70. The molecule has 1 heterocycles. The molecule has 4 rings (SSSR count). The lowest BCUT2D eigenvalue weighted by molar-refractivity contribution is 0.422. The predicted octanol–water partition coefficient (Wildman–Crippen LogP) is 9.36. The molecule has 3 aromatic carbocycles. The minimum atomic E-state index is -0.223. The Hall–Kier alpha value is -4.13. The Morgan fingerprint density at radius 3 is 1.13 bits per heavy atom. The van der Waals surface area contributed by atoms with Crippen molar-refractivity contribution in [2.45, 2.75) is 118 Å². The maximum atomic E-state index is 11.2. The van der Waals surface area contributed by atoms with Gasteiger partial charge in [0.1, 0.15) is 11.5 Å². The van der Waals surface area contributed by atoms with Gasteiger partial charge in [-0.3, -0.25) is 0 Å². The number of nitrogens with one attached hydrogen (secondary N) is 2. The largest absolute Gasteiger partial charge is 0.507 e. The van der Waals surface area contributed by atoms with Crippen molar-refractivity contribution >= 4 is 11.9 Å². The number of nitrogens with zero attached hydrogens (tertiary/aromatic N) is 3. The summed E-state index contributed by atoms with van der Waals surface area (Å²) in [6.07, 6.45) is 0. The molecule has 246 valence electrons. The maximum Gasteiger partial charge on any atom is 0.228 e. The van der Waals surface area contributed by atoms with Gasteiger partial charge in [-0.05, 0) is 79.3 Å². The standard InChI is InChI=1S/C39H53N5O2/c1-36(2,3)27-18-24(19-28(31(27)45)37(4,5)6)22-40-34-42-33(26-16-14-13-15-17-26)43-35(44-34)41-23-25-20-29(38(7,8)9)32(46)30(21-25)39(10,11)12/h13-21,45-46H,22-23H2,1-12H3,(H2,40,41,42,43,44). The van der Waals surface area contributed by atoms with Gasteiger partial charge < -0.3 is 20.8 Å². The van der Waals surface area contributed by atoms with E-state index in [1.54, 1.807) is 0 Å². The van der Waals surface area contributed by atoms with Crippen LogP contribution < -0.4 is 10.6 Å². The lowest BCUT2D eigenvalue weighted by atomic mass is 9.78. The third kappa shape index (κ3) is 8.17. The molecule has 4 N–H and O–H groups in total. The number of phenols is 2. The molecule has 0 aliphatic carbocycles. The summed E-state index contributed by atoms with van der Waals surface area (Å²) in [7, 11) is 0. The van der Waals surface area contributed by atoms with Crippen molar-refractivity contribution in [3.05, 3.63) is 88.0 Å². The van der Waals surface area contributed by atoms with Crippen LogP contribution in [0.2, 0.25) is 0 Å². The second kappa shape index (κ2) is 12.6. The van der Waals surface area contributed by atoms with Crippen LogP contribution in [0.15, 0.2) is 54.6 Å². The molecule has 4 aromatic rings. The molecule has 0 fully saturated rings. The molecule has 46 heavy (non-hydrogen) atoms. The van der Waals surface area contributed by atoms with Gasteiger partial charge in [0, 0.05) is 18.7 Å². The monoisotopic (exact) mass is 623 g/mol. The third-order valence-electron chi connectivity index (χ3n) is 8.14. The summed E-state index contributed by atoms with van der Waals surface area (Å²) in [6.45, 7) is 26.3. The predicted molar refractivity (Wildman–Crippen MR) is 191 cm³/mol. The van der Waals surface area contributed by atoms with Crippen LogP contribution in [0.1, 0.15) is 116 Å². The first-order valence-corrected chi connectivity index (χ1v) is 16.2. The number of anilines is 2. The molecule has 1 aromatic heterocycles. The molecule has 0 unspecified atom stereocenters. The summed E-state index contributed by atoms with van der Waals surface area (Å²) in [5.41, 5.74) is 5.73. The fourth-order valence-electron chi connectivity index (χ4n) is 5.49. The molecule has 0 amide bonds. The van der Waals surface area contributed by atoms with Gasteiger partial charge in [-0.2, -0.15) is 15.0 Å². The Kier molecular flexibility index (Phi) is 9.50. The highest BCUT2D eigenvalue weighted by Crippen LogP contribution is 2.41. The van der Waals surface area contributed by atoms with E-state index in [1.807, 2.05) is 30.3 Å². The minimum Gasteiger partial charge on any atom is -0.507 e. The van der Waals surface area contributed by atoms with Gasteiger partial charge in [0.05, 0.1) is 0 Å². The summed E-state index contributed by atoms with van der Waals surface area (Å²) < 4.78 is 0. The van der Waals surface area contributed by atoms with E-state index in [2.05, 4.69) is 118 Å². The highest BCUT2D eigenvalue weighted by molar-refractivity contribution is 5.58. The molecule has 0 saturated carbocycles. The van der Waals surface area contributed by atoms with E-state index in [9.17, 15) is 10.2 Å². The van der Waals surface area contributed by atoms with Crippen molar-refractivity contribution in [1.82, 2.24) is 15.0 Å². The normalized spacial score (nSPS) is 12.7. The van der Waals surface area contributed by atoms with Gasteiger partial charge in [-0.15, -0.1) is 0 Å². The molecule has 0 aliphatic rings. The van der Waals surface area contributed by atoms with Gasteiger partial charge in [-0.1, -0.05) is 113 Å². The van der Waals surface area contributed by atoms with Crippen LogP contribution in [0, 0.1) is 0 Å². The van der Waals surface area contributed by atoms with Gasteiger partial charge in [0.2, 0.25) is 11.9 Å². The fraction of sp³-hybridized carbons (Fsp3) is 0.462. The Morgan fingerprint density at radius 2 is 0.826 bits per heavy atom. The zero-order valence-electron chi connectivity index (χ0n) is 29.8. The number of benzene rings is 3. The Bertz CT molecular complexity index is 1510. The summed E-state index contributed by atoms with van der Waals surface area (Å²) in [5.74, 6) is 2.19. The SMILES string of the molecule is CC(C)(C)c1cc(CNc2nc(NCc3cc(C(C)(C)C)c(O)c(C(C)(C)C)c3)nc(-c3ccccc3)n2)cc(C(C)(C)C)c1O. The Morgan fingerprint density at radius 1 is 0.500 bits per heavy atom. The van der Waals surface area contributed by atoms with E-state index in [-0.39, 0.29) is 21.7 Å². The van der Waals surface area contributed by atoms with E-state index in [0.717, 1.165) is 38.9 Å². The summed E-state index contributed by atoms with van der Waals surface area (Å²) in [6, 6.07) is 18.2. The van der Waals surface area contributed by atoms with E-state index in [4.69, 9.17) is 15.0 Å². The molecule has 7 heteroatoms. The number of phenolic OH excluding ortho intramolecular Hbond substituents is 2. The van der Waals surface area contributed by atoms with Crippen LogP contribution >= 0.6 is 0 Å². The van der Waals surface area contributed by atoms with Crippen LogP contribution in [-0.2, 0) is 34.7 Å². The first kappa shape index (κ1) is 34.7. The second-order valence-electron chi connectivity index (χ2n) is 16.5. The molecule has 7 nitrogen and oxygen atoms in total. The highest BCUT2D eigenvalue weighted by atomic mass is 16.3. The van der Waals surface area contributed by atoms with Crippen molar-refractivity contribution in [3.8, 4) is 22.9 Å². The number of aromatic hydroxyl groups is 2. The third-order valence-corrected chi connectivity index (χ3v) is 8.14. The number of hydrogen-bond donors (Lipinski definition) is 4. The maximum absolute atomic E-state index is 11.2. The average molecular weight is 624 g/mol. The molecule has 0 atom stereocenters. The quantitative estimate of drug-likeness (QED) is 0.163. The van der Waals surface area contributed by atoms with Crippen molar-refractivity contribution < 1.29 is 10.2 Å². The van der Waals surface area contributed by atoms with Gasteiger partial charge in [0.15, 0.2) is 5.82 Å². The molecule has 0 saturated heterocycles. The van der Waals surface area contributed by atoms with Crippen molar-refractivity contribution in [1.29, 1.82) is 0 Å². The van der Waals surface area contributed by atoms with Crippen LogP contribution in [0.4, 0.5) is 11.9 Å². The smallest absolute Gasteiger partial charge is 0.228 e. The molecular weight excluding hydrogens is 570 g/mol. The highest BCUT2D eigenvalue weighted by Gasteiger charge is 2.28. The molecule has 0 bridgehead atoms. The zero-order chi connectivity index (χ0) is 34.2. The average Bonchev–Trinajstić information content (AvgIpc) is 2.94. The Labute approximate surface area is 276 Å². The van der Waals surface area contributed by atoms with E-state index in [0.29, 0.717) is 42.3 Å².